The lowest BCUT2D eigenvalue weighted by atomic mass is 10.2. The van der Waals surface area contributed by atoms with Crippen LogP contribution in [0.1, 0.15) is 12.0 Å². The molecule has 0 spiro atoms. The van der Waals surface area contributed by atoms with Crippen LogP contribution in [0.25, 0.3) is 0 Å². The van der Waals surface area contributed by atoms with Crippen LogP contribution in [0.3, 0.4) is 0 Å². The van der Waals surface area contributed by atoms with E-state index in [1.807, 2.05) is 18.2 Å². The van der Waals surface area contributed by atoms with E-state index in [1.165, 1.54) is 5.69 Å². The van der Waals surface area contributed by atoms with E-state index in [0.717, 1.165) is 31.6 Å². The Bertz CT molecular complexity index is 585. The molecule has 0 unspecified atom stereocenters. The van der Waals surface area contributed by atoms with Crippen molar-refractivity contribution in [2.45, 2.75) is 13.0 Å². The van der Waals surface area contributed by atoms with Crippen LogP contribution in [0.5, 0.6) is 0 Å². The molecule has 2 aromatic carbocycles. The topological polar surface area (TPSA) is 58.4 Å². The zero-order chi connectivity index (χ0) is 15.8. The highest BCUT2D eigenvalue weighted by Gasteiger charge is 2.03. The first-order valence-corrected chi connectivity index (χ1v) is 7.37. The van der Waals surface area contributed by atoms with E-state index >= 15 is 0 Å². The summed E-state index contributed by atoms with van der Waals surface area (Å²) in [4.78, 5) is 12.4. The van der Waals surface area contributed by atoms with Gasteiger partial charge in [0.15, 0.2) is 0 Å². The molecule has 5 nitrogen and oxygen atoms in total. The van der Waals surface area contributed by atoms with Gasteiger partial charge >= 0.3 is 0 Å². The van der Waals surface area contributed by atoms with Crippen molar-refractivity contribution in [1.29, 1.82) is 0 Å². The van der Waals surface area contributed by atoms with Gasteiger partial charge in [0.2, 0.25) is 0 Å². The Balaban J connectivity index is 1.66. The van der Waals surface area contributed by atoms with E-state index in [0.29, 0.717) is 0 Å². The molecule has 0 aromatic heterocycles. The van der Waals surface area contributed by atoms with Crippen LogP contribution >= 0.6 is 0 Å². The average molecular weight is 299 g/mol. The highest BCUT2D eigenvalue weighted by Crippen LogP contribution is 2.12. The number of anilines is 1. The monoisotopic (exact) mass is 299 g/mol. The van der Waals surface area contributed by atoms with E-state index in [2.05, 4.69) is 29.4 Å². The summed E-state index contributed by atoms with van der Waals surface area (Å²) >= 11 is 0. The number of nitro benzene ring substituents is 1. The zero-order valence-corrected chi connectivity index (χ0v) is 12.7. The Labute approximate surface area is 130 Å². The molecule has 22 heavy (non-hydrogen) atoms. The molecule has 116 valence electrons. The summed E-state index contributed by atoms with van der Waals surface area (Å²) in [6.07, 6.45) is 1.04. The first-order valence-electron chi connectivity index (χ1n) is 7.37. The molecule has 0 aliphatic heterocycles. The standard InChI is InChI=1S/C17H21N3O2/c1-19(16-6-3-2-4-7-16)13-5-12-18-14-15-8-10-17(11-9-15)20(21)22/h2-4,6-11,18H,5,12-14H2,1H3. The predicted molar refractivity (Wildman–Crippen MR) is 89.1 cm³/mol. The molecule has 0 radical (unpaired) electrons. The van der Waals surface area contributed by atoms with Crippen LogP contribution in [-0.4, -0.2) is 25.1 Å². The lowest BCUT2D eigenvalue weighted by Gasteiger charge is -2.19. The third kappa shape index (κ3) is 4.86. The number of hydrogen-bond acceptors (Lipinski definition) is 4. The highest BCUT2D eigenvalue weighted by molar-refractivity contribution is 5.44. The first-order chi connectivity index (χ1) is 10.7. The summed E-state index contributed by atoms with van der Waals surface area (Å²) in [6.45, 7) is 2.62. The number of benzene rings is 2. The van der Waals surface area contributed by atoms with Gasteiger partial charge in [-0.1, -0.05) is 30.3 Å². The van der Waals surface area contributed by atoms with Crippen LogP contribution in [0, 0.1) is 10.1 Å². The van der Waals surface area contributed by atoms with Crippen molar-refractivity contribution in [3.63, 3.8) is 0 Å². The van der Waals surface area contributed by atoms with Gasteiger partial charge in [0.1, 0.15) is 0 Å². The number of rotatable bonds is 8. The molecule has 2 aromatic rings. The summed E-state index contributed by atoms with van der Waals surface area (Å²) in [5.41, 5.74) is 2.41. The van der Waals surface area contributed by atoms with Gasteiger partial charge < -0.3 is 10.2 Å². The summed E-state index contributed by atoms with van der Waals surface area (Å²) in [6, 6.07) is 17.0. The summed E-state index contributed by atoms with van der Waals surface area (Å²) < 4.78 is 0. The van der Waals surface area contributed by atoms with Crippen LogP contribution in [0.15, 0.2) is 54.6 Å². The fraction of sp³-hybridized carbons (Fsp3) is 0.294. The molecule has 2 rings (SSSR count). The van der Waals surface area contributed by atoms with Gasteiger partial charge in [0.25, 0.3) is 5.69 Å². The zero-order valence-electron chi connectivity index (χ0n) is 12.7. The second-order valence-corrected chi connectivity index (χ2v) is 5.21. The molecular formula is C17H21N3O2. The minimum atomic E-state index is -0.378. The summed E-state index contributed by atoms with van der Waals surface area (Å²) in [5.74, 6) is 0. The Hall–Kier alpha value is -2.40. The maximum atomic E-state index is 10.6. The highest BCUT2D eigenvalue weighted by atomic mass is 16.6. The second-order valence-electron chi connectivity index (χ2n) is 5.21. The van der Waals surface area contributed by atoms with Crippen molar-refractivity contribution >= 4 is 11.4 Å². The van der Waals surface area contributed by atoms with Gasteiger partial charge in [0, 0.05) is 38.0 Å². The van der Waals surface area contributed by atoms with Crippen molar-refractivity contribution in [2.75, 3.05) is 25.0 Å². The number of hydrogen-bond donors (Lipinski definition) is 1. The van der Waals surface area contributed by atoms with Gasteiger partial charge in [-0.15, -0.1) is 0 Å². The maximum absolute atomic E-state index is 10.6. The first kappa shape index (κ1) is 16.0. The van der Waals surface area contributed by atoms with E-state index < -0.39 is 0 Å². The van der Waals surface area contributed by atoms with E-state index in [4.69, 9.17) is 0 Å². The normalized spacial score (nSPS) is 10.4. The molecule has 0 atom stereocenters. The van der Waals surface area contributed by atoms with Crippen LogP contribution < -0.4 is 10.2 Å². The number of para-hydroxylation sites is 1. The number of nitrogens with one attached hydrogen (secondary N) is 1. The van der Waals surface area contributed by atoms with Crippen molar-refractivity contribution in [3.05, 3.63) is 70.3 Å². The third-order valence-electron chi connectivity index (χ3n) is 3.52. The molecular weight excluding hydrogens is 278 g/mol. The van der Waals surface area contributed by atoms with E-state index in [9.17, 15) is 10.1 Å². The lowest BCUT2D eigenvalue weighted by Crippen LogP contribution is -2.23. The van der Waals surface area contributed by atoms with Gasteiger partial charge in [-0.25, -0.2) is 0 Å². The maximum Gasteiger partial charge on any atom is 0.269 e. The summed E-state index contributed by atoms with van der Waals surface area (Å²) in [7, 11) is 2.09. The predicted octanol–water partition coefficient (Wildman–Crippen LogP) is 3.21. The SMILES string of the molecule is CN(CCCNCc1ccc([N+](=O)[O-])cc1)c1ccccc1. The van der Waals surface area contributed by atoms with E-state index in [-0.39, 0.29) is 10.6 Å². The third-order valence-corrected chi connectivity index (χ3v) is 3.52. The Morgan fingerprint density at radius 3 is 2.41 bits per heavy atom. The molecule has 0 aliphatic carbocycles. The Morgan fingerprint density at radius 2 is 1.77 bits per heavy atom. The minimum absolute atomic E-state index is 0.133. The Morgan fingerprint density at radius 1 is 1.09 bits per heavy atom. The average Bonchev–Trinajstić information content (AvgIpc) is 2.55. The molecule has 5 heteroatoms. The second kappa shape index (κ2) is 8.14. The van der Waals surface area contributed by atoms with Gasteiger partial charge in [-0.3, -0.25) is 10.1 Å². The van der Waals surface area contributed by atoms with Crippen LogP contribution in [0.4, 0.5) is 11.4 Å². The van der Waals surface area contributed by atoms with Crippen molar-refractivity contribution in [3.8, 4) is 0 Å². The van der Waals surface area contributed by atoms with Crippen molar-refractivity contribution in [1.82, 2.24) is 5.32 Å². The smallest absolute Gasteiger partial charge is 0.269 e. The molecule has 0 saturated carbocycles. The molecule has 0 fully saturated rings. The number of nitro groups is 1. The molecule has 0 amide bonds. The van der Waals surface area contributed by atoms with Crippen molar-refractivity contribution < 1.29 is 4.92 Å². The lowest BCUT2D eigenvalue weighted by molar-refractivity contribution is -0.384. The Kier molecular flexibility index (Phi) is 5.91. The number of non-ortho nitro benzene ring substituents is 1. The molecule has 0 aliphatic rings. The van der Waals surface area contributed by atoms with Crippen molar-refractivity contribution in [2.24, 2.45) is 0 Å². The molecule has 0 saturated heterocycles. The van der Waals surface area contributed by atoms with Crippen LogP contribution in [0.2, 0.25) is 0 Å². The molecule has 0 bridgehead atoms. The van der Waals surface area contributed by atoms with Crippen LogP contribution in [-0.2, 0) is 6.54 Å². The van der Waals surface area contributed by atoms with Gasteiger partial charge in [0.05, 0.1) is 4.92 Å². The molecule has 1 N–H and O–H groups in total. The largest absolute Gasteiger partial charge is 0.375 e. The van der Waals surface area contributed by atoms with E-state index in [1.54, 1.807) is 24.3 Å². The quantitative estimate of drug-likeness (QED) is 0.462. The van der Waals surface area contributed by atoms with Gasteiger partial charge in [-0.2, -0.15) is 0 Å². The molecule has 0 heterocycles. The van der Waals surface area contributed by atoms with Gasteiger partial charge in [-0.05, 0) is 30.7 Å². The fourth-order valence-corrected chi connectivity index (χ4v) is 2.22. The number of nitrogens with zero attached hydrogens (tertiary/aromatic N) is 2. The minimum Gasteiger partial charge on any atom is -0.375 e. The fourth-order valence-electron chi connectivity index (χ4n) is 2.22. The summed E-state index contributed by atoms with van der Waals surface area (Å²) in [5, 5.41) is 13.9.